The van der Waals surface area contributed by atoms with Gasteiger partial charge in [-0.25, -0.2) is 4.98 Å². The molecule has 152 valence electrons. The van der Waals surface area contributed by atoms with Gasteiger partial charge in [-0.15, -0.1) is 0 Å². The smallest absolute Gasteiger partial charge is 0.242 e. The van der Waals surface area contributed by atoms with Crippen LogP contribution in [0.4, 0.5) is 0 Å². The third kappa shape index (κ3) is 9.71. The quantitative estimate of drug-likeness (QED) is 0.228. The summed E-state index contributed by atoms with van der Waals surface area (Å²) in [6.07, 6.45) is 6.00. The molecule has 0 radical (unpaired) electrons. The Hall–Kier alpha value is -2.46. The number of amides is 3. The highest BCUT2D eigenvalue weighted by molar-refractivity contribution is 5.89. The van der Waals surface area contributed by atoms with Crippen LogP contribution in [0.2, 0.25) is 0 Å². The van der Waals surface area contributed by atoms with Crippen LogP contribution >= 0.6 is 0 Å². The topological polar surface area (TPSA) is 168 Å². The van der Waals surface area contributed by atoms with Gasteiger partial charge in [0.1, 0.15) is 6.04 Å². The van der Waals surface area contributed by atoms with Crippen LogP contribution in [0.5, 0.6) is 0 Å². The van der Waals surface area contributed by atoms with Crippen molar-refractivity contribution in [1.82, 2.24) is 25.9 Å². The number of imidazole rings is 1. The molecule has 0 spiro atoms. The molecule has 2 atom stereocenters. The summed E-state index contributed by atoms with van der Waals surface area (Å²) in [5, 5.41) is 8.17. The molecule has 0 aliphatic heterocycles. The standard InChI is InChI=1S/C17H31N7O3/c1-12(25)21-7-4-8-22-17(27)15(5-2-3-6-18)24-16(26)14(19)9-13-10-20-11-23-13/h10-11,14-15H,2-9,18-19H2,1H3,(H,20,23)(H,21,25)(H,22,27)(H,24,26). The molecule has 0 fully saturated rings. The summed E-state index contributed by atoms with van der Waals surface area (Å²) < 4.78 is 0. The first-order valence-electron chi connectivity index (χ1n) is 9.19. The molecule has 1 aromatic heterocycles. The number of aromatic amines is 1. The van der Waals surface area contributed by atoms with Crippen LogP contribution in [0.25, 0.3) is 0 Å². The SMILES string of the molecule is CC(=O)NCCCNC(=O)C(CCCCN)NC(=O)C(N)Cc1cnc[nH]1. The number of carbonyl (C=O) groups excluding carboxylic acids is 3. The first-order chi connectivity index (χ1) is 12.9. The van der Waals surface area contributed by atoms with Crippen molar-refractivity contribution in [1.29, 1.82) is 0 Å². The van der Waals surface area contributed by atoms with Crippen molar-refractivity contribution in [3.63, 3.8) is 0 Å². The van der Waals surface area contributed by atoms with E-state index in [2.05, 4.69) is 25.9 Å². The first-order valence-corrected chi connectivity index (χ1v) is 9.19. The van der Waals surface area contributed by atoms with Gasteiger partial charge >= 0.3 is 0 Å². The van der Waals surface area contributed by atoms with Crippen molar-refractivity contribution in [2.24, 2.45) is 11.5 Å². The van der Waals surface area contributed by atoms with Gasteiger partial charge in [0.2, 0.25) is 17.7 Å². The van der Waals surface area contributed by atoms with Gasteiger partial charge in [0.05, 0.1) is 12.4 Å². The lowest BCUT2D eigenvalue weighted by Crippen LogP contribution is -2.52. The Morgan fingerprint density at radius 1 is 1.15 bits per heavy atom. The number of H-pyrrole nitrogens is 1. The third-order valence-corrected chi connectivity index (χ3v) is 3.94. The Labute approximate surface area is 159 Å². The summed E-state index contributed by atoms with van der Waals surface area (Å²) in [6.45, 7) is 2.85. The third-order valence-electron chi connectivity index (χ3n) is 3.94. The number of aromatic nitrogens is 2. The summed E-state index contributed by atoms with van der Waals surface area (Å²) in [5.41, 5.74) is 12.2. The molecule has 0 aliphatic carbocycles. The lowest BCUT2D eigenvalue weighted by molar-refractivity contribution is -0.129. The van der Waals surface area contributed by atoms with E-state index in [1.165, 1.54) is 13.3 Å². The number of nitrogens with one attached hydrogen (secondary N) is 4. The van der Waals surface area contributed by atoms with Gasteiger partial charge in [0.25, 0.3) is 0 Å². The Morgan fingerprint density at radius 2 is 1.89 bits per heavy atom. The summed E-state index contributed by atoms with van der Waals surface area (Å²) in [6, 6.07) is -1.45. The Balaban J connectivity index is 2.49. The molecule has 0 aromatic carbocycles. The summed E-state index contributed by atoms with van der Waals surface area (Å²) >= 11 is 0. The van der Waals surface area contributed by atoms with Crippen molar-refractivity contribution in [3.05, 3.63) is 18.2 Å². The van der Waals surface area contributed by atoms with E-state index in [1.807, 2.05) is 0 Å². The zero-order valence-electron chi connectivity index (χ0n) is 15.8. The summed E-state index contributed by atoms with van der Waals surface area (Å²) in [7, 11) is 0. The molecule has 1 heterocycles. The maximum absolute atomic E-state index is 12.4. The van der Waals surface area contributed by atoms with Crippen molar-refractivity contribution in [2.75, 3.05) is 19.6 Å². The van der Waals surface area contributed by atoms with E-state index in [9.17, 15) is 14.4 Å². The van der Waals surface area contributed by atoms with Crippen LogP contribution in [0.15, 0.2) is 12.5 Å². The van der Waals surface area contributed by atoms with Crippen LogP contribution in [0.1, 0.15) is 38.3 Å². The van der Waals surface area contributed by atoms with Gasteiger partial charge in [-0.3, -0.25) is 14.4 Å². The average Bonchev–Trinajstić information content (AvgIpc) is 3.13. The van der Waals surface area contributed by atoms with Gasteiger partial charge in [-0.1, -0.05) is 0 Å². The van der Waals surface area contributed by atoms with Crippen molar-refractivity contribution >= 4 is 17.7 Å². The molecule has 1 aromatic rings. The highest BCUT2D eigenvalue weighted by Gasteiger charge is 2.23. The minimum Gasteiger partial charge on any atom is -0.356 e. The Kier molecular flexibility index (Phi) is 10.7. The molecular weight excluding hydrogens is 350 g/mol. The molecule has 8 N–H and O–H groups in total. The van der Waals surface area contributed by atoms with E-state index in [-0.39, 0.29) is 11.8 Å². The molecule has 10 nitrogen and oxygen atoms in total. The van der Waals surface area contributed by atoms with Gasteiger partial charge in [-0.05, 0) is 32.2 Å². The van der Waals surface area contributed by atoms with Crippen LogP contribution in [-0.2, 0) is 20.8 Å². The summed E-state index contributed by atoms with van der Waals surface area (Å²) in [5.74, 6) is -0.771. The molecular formula is C17H31N7O3. The van der Waals surface area contributed by atoms with E-state index in [4.69, 9.17) is 11.5 Å². The minimum absolute atomic E-state index is 0.112. The number of nitrogens with two attached hydrogens (primary N) is 2. The molecule has 10 heteroatoms. The predicted molar refractivity (Wildman–Crippen MR) is 101 cm³/mol. The van der Waals surface area contributed by atoms with Crippen molar-refractivity contribution in [3.8, 4) is 0 Å². The first kappa shape index (κ1) is 22.6. The lowest BCUT2D eigenvalue weighted by Gasteiger charge is -2.20. The van der Waals surface area contributed by atoms with Gasteiger partial charge < -0.3 is 32.4 Å². The maximum Gasteiger partial charge on any atom is 0.242 e. The zero-order valence-corrected chi connectivity index (χ0v) is 15.8. The van der Waals surface area contributed by atoms with E-state index >= 15 is 0 Å². The van der Waals surface area contributed by atoms with Crippen LogP contribution in [0, 0.1) is 0 Å². The number of nitrogens with zero attached hydrogens (tertiary/aromatic N) is 1. The van der Waals surface area contributed by atoms with Gasteiger partial charge in [0.15, 0.2) is 0 Å². The second-order valence-corrected chi connectivity index (χ2v) is 6.36. The van der Waals surface area contributed by atoms with Crippen LogP contribution in [0.3, 0.4) is 0 Å². The number of carbonyl (C=O) groups is 3. The monoisotopic (exact) mass is 381 g/mol. The molecule has 3 amide bonds. The molecule has 2 unspecified atom stereocenters. The molecule has 0 aliphatic rings. The predicted octanol–water partition coefficient (Wildman–Crippen LogP) is -1.46. The molecule has 0 saturated carbocycles. The van der Waals surface area contributed by atoms with E-state index in [0.29, 0.717) is 38.9 Å². The highest BCUT2D eigenvalue weighted by Crippen LogP contribution is 2.03. The van der Waals surface area contributed by atoms with Gasteiger partial charge in [0, 0.05) is 38.3 Å². The fraction of sp³-hybridized carbons (Fsp3) is 0.647. The van der Waals surface area contributed by atoms with Crippen LogP contribution < -0.4 is 27.4 Å². The lowest BCUT2D eigenvalue weighted by atomic mass is 10.1. The molecule has 1 rings (SSSR count). The second kappa shape index (κ2) is 12.8. The zero-order chi connectivity index (χ0) is 20.1. The fourth-order valence-electron chi connectivity index (χ4n) is 2.45. The van der Waals surface area contributed by atoms with Crippen molar-refractivity contribution in [2.45, 2.75) is 51.1 Å². The number of hydrogen-bond donors (Lipinski definition) is 6. The van der Waals surface area contributed by atoms with E-state index in [1.54, 1.807) is 6.20 Å². The number of hydrogen-bond acceptors (Lipinski definition) is 6. The fourth-order valence-corrected chi connectivity index (χ4v) is 2.45. The van der Waals surface area contributed by atoms with Crippen molar-refractivity contribution < 1.29 is 14.4 Å². The van der Waals surface area contributed by atoms with E-state index in [0.717, 1.165) is 18.5 Å². The Bertz CT molecular complexity index is 577. The minimum atomic E-state index is -0.782. The maximum atomic E-state index is 12.4. The van der Waals surface area contributed by atoms with Crippen LogP contribution in [-0.4, -0.2) is 59.4 Å². The Morgan fingerprint density at radius 3 is 2.52 bits per heavy atom. The molecule has 0 bridgehead atoms. The highest BCUT2D eigenvalue weighted by atomic mass is 16.2. The number of unbranched alkanes of at least 4 members (excludes halogenated alkanes) is 1. The number of rotatable bonds is 13. The average molecular weight is 381 g/mol. The molecule has 27 heavy (non-hydrogen) atoms. The van der Waals surface area contributed by atoms with Gasteiger partial charge in [-0.2, -0.15) is 0 Å². The summed E-state index contributed by atoms with van der Waals surface area (Å²) in [4.78, 5) is 42.4. The second-order valence-electron chi connectivity index (χ2n) is 6.36. The van der Waals surface area contributed by atoms with E-state index < -0.39 is 18.0 Å². The normalized spacial score (nSPS) is 12.9. The molecule has 0 saturated heterocycles. The largest absolute Gasteiger partial charge is 0.356 e.